The summed E-state index contributed by atoms with van der Waals surface area (Å²) in [4.78, 5) is 12.9. The van der Waals surface area contributed by atoms with E-state index < -0.39 is 80.7 Å². The topological polar surface area (TPSA) is 214 Å². The lowest BCUT2D eigenvalue weighted by Crippen LogP contribution is -2.61. The Hall–Kier alpha value is -1.27. The zero-order valence-electron chi connectivity index (χ0n) is 34.4. The predicted molar refractivity (Wildman–Crippen MR) is 210 cm³/mol. The van der Waals surface area contributed by atoms with Crippen LogP contribution in [0.2, 0.25) is 0 Å². The van der Waals surface area contributed by atoms with E-state index in [1.807, 2.05) is 0 Å². The monoisotopic (exact) mass is 807 g/mol. The number of ether oxygens (including phenoxy) is 6. The number of carbonyl (C=O) groups excluding carboxylic acids is 1. The van der Waals surface area contributed by atoms with Crippen LogP contribution in [0.15, 0.2) is 12.2 Å². The van der Waals surface area contributed by atoms with Gasteiger partial charge in [-0.2, -0.15) is 0 Å². The Balaban J connectivity index is 1.78. The zero-order chi connectivity index (χ0) is 41.0. The number of allylic oxidation sites excluding steroid dienone is 2. The quantitative estimate of drug-likeness (QED) is 0.0279. The Morgan fingerprint density at radius 3 is 1.62 bits per heavy atom. The lowest BCUT2D eigenvalue weighted by atomic mass is 9.98. The van der Waals surface area contributed by atoms with Gasteiger partial charge >= 0.3 is 5.97 Å². The third kappa shape index (κ3) is 20.6. The molecule has 2 fully saturated rings. The molecule has 0 amide bonds. The number of aliphatic hydroxyl groups excluding tert-OH is 7. The number of unbranched alkanes of at least 4 members (excludes halogenated alkanes) is 17. The van der Waals surface area contributed by atoms with Gasteiger partial charge in [0.1, 0.15) is 54.9 Å². The van der Waals surface area contributed by atoms with Crippen molar-refractivity contribution < 1.29 is 69.0 Å². The smallest absolute Gasteiger partial charge is 0.306 e. The number of rotatable bonds is 33. The van der Waals surface area contributed by atoms with Crippen molar-refractivity contribution in [3.05, 3.63) is 12.2 Å². The lowest BCUT2D eigenvalue weighted by Gasteiger charge is -2.42. The van der Waals surface area contributed by atoms with Crippen molar-refractivity contribution in [2.75, 3.05) is 33.0 Å². The third-order valence-electron chi connectivity index (χ3n) is 10.5. The van der Waals surface area contributed by atoms with Gasteiger partial charge in [-0.25, -0.2) is 0 Å². The standard InChI is InChI=1S/C42H78O14/c1-3-5-7-9-11-12-13-14-15-16-17-18-19-20-21-23-25-34(44)54-31(28-51-26-24-22-10-8-6-4-2)29-52-41-40(50)38(48)36(46)33(56-41)30-53-42-39(49)37(47)35(45)32(27-43)55-42/h15-16,31-33,35-43,45-50H,3-14,17-30H2,1-2H3/b16-15-. The second kappa shape index (κ2) is 31.6. The van der Waals surface area contributed by atoms with E-state index in [-0.39, 0.29) is 25.6 Å². The van der Waals surface area contributed by atoms with E-state index in [9.17, 15) is 40.5 Å². The fourth-order valence-corrected chi connectivity index (χ4v) is 6.87. The molecule has 2 aliphatic rings. The van der Waals surface area contributed by atoms with Crippen LogP contribution in [0.1, 0.15) is 149 Å². The van der Waals surface area contributed by atoms with Gasteiger partial charge in [-0.15, -0.1) is 0 Å². The Morgan fingerprint density at radius 1 is 0.571 bits per heavy atom. The van der Waals surface area contributed by atoms with E-state index >= 15 is 0 Å². The van der Waals surface area contributed by atoms with Crippen LogP contribution in [-0.2, 0) is 33.2 Å². The Labute approximate surface area is 335 Å². The Morgan fingerprint density at radius 2 is 1.05 bits per heavy atom. The van der Waals surface area contributed by atoms with E-state index in [2.05, 4.69) is 26.0 Å². The number of carbonyl (C=O) groups is 1. The summed E-state index contributed by atoms with van der Waals surface area (Å²) in [6, 6.07) is 0. The van der Waals surface area contributed by atoms with Gasteiger partial charge in [0.15, 0.2) is 12.6 Å². The maximum absolute atomic E-state index is 12.9. The van der Waals surface area contributed by atoms with Crippen molar-refractivity contribution in [1.29, 1.82) is 0 Å². The first kappa shape index (κ1) is 50.9. The van der Waals surface area contributed by atoms with Crippen LogP contribution in [0.25, 0.3) is 0 Å². The largest absolute Gasteiger partial charge is 0.457 e. The summed E-state index contributed by atoms with van der Waals surface area (Å²) in [5.74, 6) is -0.388. The minimum Gasteiger partial charge on any atom is -0.457 e. The highest BCUT2D eigenvalue weighted by atomic mass is 16.7. The van der Waals surface area contributed by atoms with Crippen LogP contribution in [-0.4, -0.2) is 142 Å². The molecule has 56 heavy (non-hydrogen) atoms. The molecule has 0 spiro atoms. The van der Waals surface area contributed by atoms with Crippen LogP contribution >= 0.6 is 0 Å². The first-order valence-electron chi connectivity index (χ1n) is 21.8. The average molecular weight is 807 g/mol. The SMILES string of the molecule is CCCCCCCCC/C=C\CCCCCCCC(=O)OC(COCCCCCCCC)COC1OC(COC2OC(CO)C(O)C(O)C2O)C(O)C(O)C1O. The van der Waals surface area contributed by atoms with Crippen molar-refractivity contribution >= 4 is 5.97 Å². The van der Waals surface area contributed by atoms with Crippen molar-refractivity contribution in [3.8, 4) is 0 Å². The molecule has 2 saturated heterocycles. The molecule has 0 aliphatic carbocycles. The predicted octanol–water partition coefficient (Wildman–Crippen LogP) is 4.34. The fraction of sp³-hybridized carbons (Fsp3) is 0.929. The van der Waals surface area contributed by atoms with E-state index in [0.717, 1.165) is 57.8 Å². The van der Waals surface area contributed by atoms with Crippen LogP contribution in [0.3, 0.4) is 0 Å². The average Bonchev–Trinajstić information content (AvgIpc) is 3.19. The van der Waals surface area contributed by atoms with Crippen molar-refractivity contribution in [3.63, 3.8) is 0 Å². The minimum absolute atomic E-state index is 0.0603. The van der Waals surface area contributed by atoms with Gasteiger partial charge in [0.25, 0.3) is 0 Å². The molecule has 330 valence electrons. The molecule has 2 rings (SSSR count). The van der Waals surface area contributed by atoms with E-state index in [4.69, 9.17) is 28.4 Å². The summed E-state index contributed by atoms with van der Waals surface area (Å²) < 4.78 is 33.9. The maximum atomic E-state index is 12.9. The molecule has 14 heteroatoms. The maximum Gasteiger partial charge on any atom is 0.306 e. The summed E-state index contributed by atoms with van der Waals surface area (Å²) in [6.45, 7) is 3.60. The van der Waals surface area contributed by atoms with Crippen molar-refractivity contribution in [2.24, 2.45) is 0 Å². The third-order valence-corrected chi connectivity index (χ3v) is 10.5. The van der Waals surface area contributed by atoms with Gasteiger partial charge in [0, 0.05) is 13.0 Å². The number of aliphatic hydroxyl groups is 7. The van der Waals surface area contributed by atoms with Crippen LogP contribution in [0, 0.1) is 0 Å². The first-order chi connectivity index (χ1) is 27.1. The highest BCUT2D eigenvalue weighted by molar-refractivity contribution is 5.69. The molecule has 2 aliphatic heterocycles. The van der Waals surface area contributed by atoms with Gasteiger partial charge in [0.05, 0.1) is 26.4 Å². The Bertz CT molecular complexity index is 985. The van der Waals surface area contributed by atoms with Crippen LogP contribution in [0.5, 0.6) is 0 Å². The molecular weight excluding hydrogens is 728 g/mol. The number of esters is 1. The molecule has 11 atom stereocenters. The van der Waals surface area contributed by atoms with Crippen molar-refractivity contribution in [1.82, 2.24) is 0 Å². The van der Waals surface area contributed by atoms with E-state index in [1.165, 1.54) is 64.2 Å². The molecule has 0 aromatic heterocycles. The van der Waals surface area contributed by atoms with Gasteiger partial charge in [-0.3, -0.25) is 4.79 Å². The highest BCUT2D eigenvalue weighted by Crippen LogP contribution is 2.26. The molecule has 0 aromatic rings. The summed E-state index contributed by atoms with van der Waals surface area (Å²) in [5.41, 5.74) is 0. The molecule has 2 heterocycles. The fourth-order valence-electron chi connectivity index (χ4n) is 6.87. The minimum atomic E-state index is -1.70. The molecule has 14 nitrogen and oxygen atoms in total. The second-order valence-corrected chi connectivity index (χ2v) is 15.5. The van der Waals surface area contributed by atoms with Crippen LogP contribution < -0.4 is 0 Å². The van der Waals surface area contributed by atoms with E-state index in [1.54, 1.807) is 0 Å². The first-order valence-corrected chi connectivity index (χ1v) is 21.8. The molecule has 0 aromatic carbocycles. The summed E-state index contributed by atoms with van der Waals surface area (Å²) in [5, 5.41) is 71.6. The van der Waals surface area contributed by atoms with E-state index in [0.29, 0.717) is 13.0 Å². The summed E-state index contributed by atoms with van der Waals surface area (Å²) in [6.07, 6.45) is 11.7. The number of hydrogen-bond donors (Lipinski definition) is 7. The molecule has 0 bridgehead atoms. The lowest BCUT2D eigenvalue weighted by molar-refractivity contribution is -0.332. The molecule has 0 radical (unpaired) electrons. The van der Waals surface area contributed by atoms with Gasteiger partial charge in [-0.05, 0) is 38.5 Å². The molecular formula is C42H78O14. The van der Waals surface area contributed by atoms with Crippen LogP contribution in [0.4, 0.5) is 0 Å². The zero-order valence-corrected chi connectivity index (χ0v) is 34.4. The van der Waals surface area contributed by atoms with Crippen molar-refractivity contribution in [2.45, 2.75) is 216 Å². The summed E-state index contributed by atoms with van der Waals surface area (Å²) in [7, 11) is 0. The molecule has 11 unspecified atom stereocenters. The normalized spacial score (nSPS) is 28.9. The Kier molecular flexibility index (Phi) is 28.7. The van der Waals surface area contributed by atoms with Gasteiger partial charge in [-0.1, -0.05) is 116 Å². The summed E-state index contributed by atoms with van der Waals surface area (Å²) >= 11 is 0. The van der Waals surface area contributed by atoms with Gasteiger partial charge < -0.3 is 64.2 Å². The molecule has 7 N–H and O–H groups in total. The highest BCUT2D eigenvalue weighted by Gasteiger charge is 2.47. The number of hydrogen-bond acceptors (Lipinski definition) is 14. The van der Waals surface area contributed by atoms with Gasteiger partial charge in [0.2, 0.25) is 0 Å². The molecule has 0 saturated carbocycles. The second-order valence-electron chi connectivity index (χ2n) is 15.5.